The molecule has 19 heavy (non-hydrogen) atoms. The molecule has 0 aromatic heterocycles. The van der Waals surface area contributed by atoms with Crippen molar-refractivity contribution in [3.63, 3.8) is 0 Å². The molecule has 0 bridgehead atoms. The molecule has 7 nitrogen and oxygen atoms in total. The number of benzene rings is 1. The molecule has 2 amide bonds. The van der Waals surface area contributed by atoms with Gasteiger partial charge in [-0.15, -0.1) is 0 Å². The minimum absolute atomic E-state index is 0.240. The number of carbonyl (C=O) groups is 2. The van der Waals surface area contributed by atoms with E-state index in [1.54, 1.807) is 18.2 Å². The number of fused-ring (bicyclic) bond motifs is 1. The lowest BCUT2D eigenvalue weighted by molar-refractivity contribution is -0.135. The number of amides is 2. The summed E-state index contributed by atoms with van der Waals surface area (Å²) in [5.74, 6) is -0.297. The van der Waals surface area contributed by atoms with Crippen molar-refractivity contribution in [3.8, 4) is 5.75 Å². The van der Waals surface area contributed by atoms with Crippen LogP contribution in [0.25, 0.3) is 0 Å². The van der Waals surface area contributed by atoms with Crippen LogP contribution >= 0.6 is 0 Å². The summed E-state index contributed by atoms with van der Waals surface area (Å²) in [7, 11) is 0. The van der Waals surface area contributed by atoms with E-state index in [1.165, 1.54) is 4.90 Å². The normalized spacial score (nSPS) is 25.8. The van der Waals surface area contributed by atoms with E-state index in [-0.39, 0.29) is 12.3 Å². The van der Waals surface area contributed by atoms with Crippen LogP contribution < -0.4 is 20.7 Å². The number of piperidine rings is 1. The summed E-state index contributed by atoms with van der Waals surface area (Å²) in [5, 5.41) is 12.2. The van der Waals surface area contributed by atoms with Gasteiger partial charge >= 0.3 is 0 Å². The maximum atomic E-state index is 11.8. The second kappa shape index (κ2) is 4.13. The molecule has 1 aromatic carbocycles. The Labute approximate surface area is 108 Å². The Hall–Kier alpha value is -2.28. The summed E-state index contributed by atoms with van der Waals surface area (Å²) in [6.45, 7) is 0. The van der Waals surface area contributed by atoms with Crippen LogP contribution in [0.3, 0.4) is 0 Å². The number of carbonyl (C=O) groups excluding carboxylic acids is 2. The minimum Gasteiger partial charge on any atom is -0.444 e. The zero-order valence-electron chi connectivity index (χ0n) is 10.00. The molecule has 0 spiro atoms. The fourth-order valence-electron chi connectivity index (χ4n) is 2.40. The standard InChI is InChI=1S/C12H13N3O4/c13-6-1-2-7-9(5-6)19-12(18)15(7)8-3-4-10(16)14-11(8)17/h1-2,5,8,12,18H,3-4,13H2,(H,14,16,17). The molecule has 2 aliphatic heterocycles. The van der Waals surface area contributed by atoms with Crippen molar-refractivity contribution in [3.05, 3.63) is 18.2 Å². The Morgan fingerprint density at radius 2 is 2.21 bits per heavy atom. The Balaban J connectivity index is 1.94. The van der Waals surface area contributed by atoms with E-state index < -0.39 is 18.4 Å². The predicted octanol–water partition coefficient (Wildman–Crippen LogP) is -0.451. The average Bonchev–Trinajstić information content (AvgIpc) is 2.65. The number of nitrogens with one attached hydrogen (secondary N) is 1. The lowest BCUT2D eigenvalue weighted by Gasteiger charge is -2.31. The summed E-state index contributed by atoms with van der Waals surface area (Å²) >= 11 is 0. The van der Waals surface area contributed by atoms with Crippen LogP contribution in [0, 0.1) is 0 Å². The smallest absolute Gasteiger partial charge is 0.282 e. The Bertz CT molecular complexity index is 560. The van der Waals surface area contributed by atoms with Crippen molar-refractivity contribution in [2.24, 2.45) is 0 Å². The van der Waals surface area contributed by atoms with Gasteiger partial charge in [-0.05, 0) is 18.6 Å². The summed E-state index contributed by atoms with van der Waals surface area (Å²) in [4.78, 5) is 24.4. The maximum Gasteiger partial charge on any atom is 0.282 e. The number of ether oxygens (including phenoxy) is 1. The maximum absolute atomic E-state index is 11.8. The van der Waals surface area contributed by atoms with Crippen LogP contribution in [0.4, 0.5) is 11.4 Å². The zero-order valence-corrected chi connectivity index (χ0v) is 10.00. The summed E-state index contributed by atoms with van der Waals surface area (Å²) in [6, 6.07) is 4.31. The topological polar surface area (TPSA) is 105 Å². The highest BCUT2D eigenvalue weighted by Gasteiger charge is 2.40. The molecule has 0 radical (unpaired) electrons. The van der Waals surface area contributed by atoms with Gasteiger partial charge in [0.05, 0.1) is 5.69 Å². The van der Waals surface area contributed by atoms with Crippen molar-refractivity contribution >= 4 is 23.2 Å². The van der Waals surface area contributed by atoms with Crippen LogP contribution in [0.15, 0.2) is 18.2 Å². The molecule has 1 saturated heterocycles. The van der Waals surface area contributed by atoms with Crippen molar-refractivity contribution in [2.45, 2.75) is 25.3 Å². The Morgan fingerprint density at radius 1 is 1.42 bits per heavy atom. The van der Waals surface area contributed by atoms with Gasteiger partial charge in [0.25, 0.3) is 6.41 Å². The Kier molecular flexibility index (Phi) is 2.56. The van der Waals surface area contributed by atoms with Gasteiger partial charge in [-0.25, -0.2) is 0 Å². The number of hydrogen-bond acceptors (Lipinski definition) is 6. The molecule has 7 heteroatoms. The van der Waals surface area contributed by atoms with Gasteiger partial charge in [0, 0.05) is 18.2 Å². The largest absolute Gasteiger partial charge is 0.444 e. The van der Waals surface area contributed by atoms with Crippen molar-refractivity contribution < 1.29 is 19.4 Å². The summed E-state index contributed by atoms with van der Waals surface area (Å²) < 4.78 is 5.27. The van der Waals surface area contributed by atoms with E-state index in [0.29, 0.717) is 23.5 Å². The van der Waals surface area contributed by atoms with Gasteiger partial charge in [0.1, 0.15) is 6.04 Å². The highest BCUT2D eigenvalue weighted by Crippen LogP contribution is 2.40. The number of aliphatic hydroxyl groups is 1. The van der Waals surface area contributed by atoms with E-state index in [4.69, 9.17) is 10.5 Å². The molecule has 4 N–H and O–H groups in total. The first-order valence-corrected chi connectivity index (χ1v) is 5.92. The van der Waals surface area contributed by atoms with E-state index in [9.17, 15) is 14.7 Å². The molecule has 3 rings (SSSR count). The molecule has 1 fully saturated rings. The van der Waals surface area contributed by atoms with Crippen LogP contribution in [0.1, 0.15) is 12.8 Å². The molecular weight excluding hydrogens is 250 g/mol. The van der Waals surface area contributed by atoms with Crippen molar-refractivity contribution in [2.75, 3.05) is 10.6 Å². The lowest BCUT2D eigenvalue weighted by atomic mass is 10.0. The number of nitrogen functional groups attached to an aromatic ring is 1. The molecule has 0 aliphatic carbocycles. The van der Waals surface area contributed by atoms with E-state index in [0.717, 1.165) is 0 Å². The third kappa shape index (κ3) is 1.88. The fourth-order valence-corrected chi connectivity index (χ4v) is 2.40. The molecule has 0 saturated carbocycles. The molecule has 2 unspecified atom stereocenters. The van der Waals surface area contributed by atoms with E-state index in [1.807, 2.05) is 0 Å². The highest BCUT2D eigenvalue weighted by atomic mass is 16.6. The number of anilines is 2. The number of rotatable bonds is 1. The number of nitrogens with zero attached hydrogens (tertiary/aromatic N) is 1. The first-order valence-electron chi connectivity index (χ1n) is 5.92. The highest BCUT2D eigenvalue weighted by molar-refractivity contribution is 6.02. The van der Waals surface area contributed by atoms with Gasteiger partial charge in [-0.1, -0.05) is 0 Å². The average molecular weight is 263 g/mol. The fraction of sp³-hybridized carbons (Fsp3) is 0.333. The second-order valence-corrected chi connectivity index (χ2v) is 4.55. The van der Waals surface area contributed by atoms with Crippen LogP contribution in [0.2, 0.25) is 0 Å². The first kappa shape index (κ1) is 11.8. The number of nitrogens with two attached hydrogens (primary N) is 1. The van der Waals surface area contributed by atoms with Gasteiger partial charge < -0.3 is 15.6 Å². The quantitative estimate of drug-likeness (QED) is 0.468. The SMILES string of the molecule is Nc1ccc2c(c1)OC(O)N2C1CCC(=O)NC1=O. The van der Waals surface area contributed by atoms with Crippen LogP contribution in [-0.2, 0) is 9.59 Å². The molecule has 2 aliphatic rings. The van der Waals surface area contributed by atoms with Crippen LogP contribution in [0.5, 0.6) is 5.75 Å². The van der Waals surface area contributed by atoms with Gasteiger partial charge in [-0.2, -0.15) is 0 Å². The molecule has 100 valence electrons. The Morgan fingerprint density at radius 3 is 2.95 bits per heavy atom. The van der Waals surface area contributed by atoms with Crippen molar-refractivity contribution in [1.82, 2.24) is 5.32 Å². The van der Waals surface area contributed by atoms with E-state index >= 15 is 0 Å². The third-order valence-electron chi connectivity index (χ3n) is 3.28. The molecule has 1 aromatic rings. The molecule has 2 heterocycles. The third-order valence-corrected chi connectivity index (χ3v) is 3.28. The summed E-state index contributed by atoms with van der Waals surface area (Å²) in [6.07, 6.45) is -0.667. The zero-order chi connectivity index (χ0) is 13.6. The first-order chi connectivity index (χ1) is 9.06. The summed E-state index contributed by atoms with van der Waals surface area (Å²) in [5.41, 5.74) is 6.75. The lowest BCUT2D eigenvalue weighted by Crippen LogP contribution is -2.55. The minimum atomic E-state index is -1.25. The second-order valence-electron chi connectivity index (χ2n) is 4.55. The van der Waals surface area contributed by atoms with Crippen molar-refractivity contribution in [1.29, 1.82) is 0 Å². The number of aliphatic hydroxyl groups excluding tert-OH is 1. The molecular formula is C12H13N3O4. The van der Waals surface area contributed by atoms with Gasteiger partial charge in [-0.3, -0.25) is 19.8 Å². The predicted molar refractivity (Wildman–Crippen MR) is 66.1 cm³/mol. The van der Waals surface area contributed by atoms with Gasteiger partial charge in [0.15, 0.2) is 5.75 Å². The van der Waals surface area contributed by atoms with Crippen LogP contribution in [-0.4, -0.2) is 29.4 Å². The number of imide groups is 1. The van der Waals surface area contributed by atoms with E-state index in [2.05, 4.69) is 5.32 Å². The number of hydrogen-bond donors (Lipinski definition) is 3. The van der Waals surface area contributed by atoms with Gasteiger partial charge in [0.2, 0.25) is 11.8 Å². The monoisotopic (exact) mass is 263 g/mol. The molecule has 2 atom stereocenters.